The predicted molar refractivity (Wildman–Crippen MR) is 131 cm³/mol. The monoisotopic (exact) mass is 490 g/mol. The average molecular weight is 491 g/mol. The lowest BCUT2D eigenvalue weighted by molar-refractivity contribution is -0.120. The third kappa shape index (κ3) is 4.85. The van der Waals surface area contributed by atoms with Crippen molar-refractivity contribution >= 4 is 33.1 Å². The van der Waals surface area contributed by atoms with E-state index in [0.717, 1.165) is 12.8 Å². The highest BCUT2D eigenvalue weighted by Crippen LogP contribution is 2.45. The minimum Gasteiger partial charge on any atom is -0.384 e. The van der Waals surface area contributed by atoms with Crippen molar-refractivity contribution in [1.82, 2.24) is 15.1 Å². The largest absolute Gasteiger partial charge is 0.384 e. The highest BCUT2D eigenvalue weighted by molar-refractivity contribution is 7.92. The first-order valence-electron chi connectivity index (χ1n) is 10.8. The Labute approximate surface area is 201 Å². The number of nitrogen functional groups attached to an aromatic ring is 1. The van der Waals surface area contributed by atoms with Crippen molar-refractivity contribution in [2.24, 2.45) is 5.41 Å². The summed E-state index contributed by atoms with van der Waals surface area (Å²) >= 11 is 0. The Hall–Kier alpha value is -4.25. The van der Waals surface area contributed by atoms with Crippen molar-refractivity contribution in [3.63, 3.8) is 0 Å². The first kappa shape index (κ1) is 22.5. The van der Waals surface area contributed by atoms with Crippen LogP contribution in [0.5, 0.6) is 0 Å². The van der Waals surface area contributed by atoms with Gasteiger partial charge in [-0.05, 0) is 67.4 Å². The van der Waals surface area contributed by atoms with Gasteiger partial charge in [-0.1, -0.05) is 24.2 Å². The number of nitrogens with two attached hydrogens (primary N) is 1. The zero-order chi connectivity index (χ0) is 24.6. The Morgan fingerprint density at radius 1 is 1.00 bits per heavy atom. The first-order chi connectivity index (χ1) is 16.7. The lowest BCUT2D eigenvalue weighted by Crippen LogP contribution is -2.21. The molecule has 1 amide bonds. The second-order valence-corrected chi connectivity index (χ2v) is 10.3. The van der Waals surface area contributed by atoms with Crippen LogP contribution in [0.4, 0.5) is 17.2 Å². The molecule has 35 heavy (non-hydrogen) atoms. The number of rotatable bonds is 7. The van der Waals surface area contributed by atoms with Gasteiger partial charge in [0.05, 0.1) is 10.6 Å². The minimum absolute atomic E-state index is 0.0578. The van der Waals surface area contributed by atoms with E-state index in [1.54, 1.807) is 54.6 Å². The number of anilines is 3. The van der Waals surface area contributed by atoms with Gasteiger partial charge in [-0.15, -0.1) is 0 Å². The summed E-state index contributed by atoms with van der Waals surface area (Å²) in [6.07, 6.45) is 1.70. The van der Waals surface area contributed by atoms with E-state index in [4.69, 9.17) is 10.3 Å². The van der Waals surface area contributed by atoms with Gasteiger partial charge >= 0.3 is 0 Å². The molecule has 5 rings (SSSR count). The smallest absolute Gasteiger partial charge is 0.276 e. The summed E-state index contributed by atoms with van der Waals surface area (Å²) in [6, 6.07) is 17.7. The number of carbonyl (C=O) groups excluding carboxylic acids is 1. The van der Waals surface area contributed by atoms with Crippen molar-refractivity contribution in [1.29, 1.82) is 0 Å². The van der Waals surface area contributed by atoms with Crippen LogP contribution in [0.25, 0.3) is 23.0 Å². The zero-order valence-corrected chi connectivity index (χ0v) is 19.5. The van der Waals surface area contributed by atoms with Crippen LogP contribution >= 0.6 is 0 Å². The molecule has 0 unspecified atom stereocenters. The SMILES string of the molecule is CC1(C(=O)Nc2cccc(NS(=O)(=O)c3ccc(-c4noc(-c5cccc(N)n5)n4)cc3)c2)CC1. The van der Waals surface area contributed by atoms with Gasteiger partial charge in [0.15, 0.2) is 0 Å². The number of amides is 1. The highest BCUT2D eigenvalue weighted by Gasteiger charge is 2.44. The van der Waals surface area contributed by atoms with Crippen LogP contribution < -0.4 is 15.8 Å². The maximum atomic E-state index is 12.9. The van der Waals surface area contributed by atoms with E-state index in [1.165, 1.54) is 12.1 Å². The number of hydrogen-bond acceptors (Lipinski definition) is 8. The van der Waals surface area contributed by atoms with E-state index in [1.807, 2.05) is 6.92 Å². The number of nitrogens with one attached hydrogen (secondary N) is 2. The second-order valence-electron chi connectivity index (χ2n) is 8.60. The Kier molecular flexibility index (Phi) is 5.48. The molecule has 1 aliphatic carbocycles. The van der Waals surface area contributed by atoms with Gasteiger partial charge in [0, 0.05) is 16.7 Å². The fraction of sp³-hybridized carbons (Fsp3) is 0.167. The molecule has 0 saturated heterocycles. The second kappa shape index (κ2) is 8.51. The third-order valence-electron chi connectivity index (χ3n) is 5.76. The van der Waals surface area contributed by atoms with Crippen molar-refractivity contribution in [2.45, 2.75) is 24.7 Å². The number of pyridine rings is 1. The van der Waals surface area contributed by atoms with Crippen molar-refractivity contribution in [2.75, 3.05) is 15.8 Å². The third-order valence-corrected chi connectivity index (χ3v) is 7.16. The van der Waals surface area contributed by atoms with Crippen LogP contribution in [0, 0.1) is 5.41 Å². The lowest BCUT2D eigenvalue weighted by atomic mass is 10.1. The Morgan fingerprint density at radius 2 is 1.71 bits per heavy atom. The van der Waals surface area contributed by atoms with Crippen LogP contribution in [-0.2, 0) is 14.8 Å². The summed E-state index contributed by atoms with van der Waals surface area (Å²) in [5.74, 6) is 0.751. The van der Waals surface area contributed by atoms with Gasteiger partial charge in [0.1, 0.15) is 11.5 Å². The molecule has 2 aromatic heterocycles. The molecular weight excluding hydrogens is 468 g/mol. The number of nitrogens with zero attached hydrogens (tertiary/aromatic N) is 3. The molecule has 10 nitrogen and oxygen atoms in total. The van der Waals surface area contributed by atoms with Crippen molar-refractivity contribution in [3.05, 3.63) is 66.7 Å². The summed E-state index contributed by atoms with van der Waals surface area (Å²) in [5, 5.41) is 6.79. The molecule has 4 aromatic rings. The fourth-order valence-corrected chi connectivity index (χ4v) is 4.42. The number of aromatic nitrogens is 3. The fourth-order valence-electron chi connectivity index (χ4n) is 3.37. The van der Waals surface area contributed by atoms with Crippen LogP contribution in [0.2, 0.25) is 0 Å². The minimum atomic E-state index is -3.87. The van der Waals surface area contributed by atoms with Crippen LogP contribution in [-0.4, -0.2) is 29.4 Å². The van der Waals surface area contributed by atoms with E-state index in [9.17, 15) is 13.2 Å². The number of hydrogen-bond donors (Lipinski definition) is 3. The van der Waals surface area contributed by atoms with Crippen molar-refractivity contribution < 1.29 is 17.7 Å². The number of sulfonamides is 1. The molecule has 0 aliphatic heterocycles. The molecule has 1 fully saturated rings. The molecule has 1 saturated carbocycles. The standard InChI is InChI=1S/C24H22N6O4S/c1-24(12-13-24)23(31)26-16-4-2-5-17(14-16)30-35(32,33)18-10-8-15(9-11-18)21-28-22(34-29-21)19-6-3-7-20(25)27-19/h2-11,14,30H,12-13H2,1H3,(H2,25,27)(H,26,31). The highest BCUT2D eigenvalue weighted by atomic mass is 32.2. The van der Waals surface area contributed by atoms with E-state index in [0.29, 0.717) is 28.5 Å². The Bertz CT molecular complexity index is 1510. The zero-order valence-electron chi connectivity index (χ0n) is 18.7. The molecule has 2 aromatic carbocycles. The van der Waals surface area contributed by atoms with E-state index in [-0.39, 0.29) is 27.9 Å². The maximum absolute atomic E-state index is 12.9. The predicted octanol–water partition coefficient (Wildman–Crippen LogP) is 3.92. The molecule has 2 heterocycles. The molecular formula is C24H22N6O4S. The van der Waals surface area contributed by atoms with Gasteiger partial charge in [-0.2, -0.15) is 4.98 Å². The quantitative estimate of drug-likeness (QED) is 0.352. The molecule has 178 valence electrons. The van der Waals surface area contributed by atoms with E-state index < -0.39 is 10.0 Å². The first-order valence-corrected chi connectivity index (χ1v) is 12.3. The summed E-state index contributed by atoms with van der Waals surface area (Å²) in [7, 11) is -3.87. The molecule has 1 aliphatic rings. The molecule has 0 bridgehead atoms. The molecule has 4 N–H and O–H groups in total. The molecule has 11 heteroatoms. The van der Waals surface area contributed by atoms with Crippen LogP contribution in [0.1, 0.15) is 19.8 Å². The van der Waals surface area contributed by atoms with Gasteiger partial charge in [-0.25, -0.2) is 13.4 Å². The number of carbonyl (C=O) groups is 1. The van der Waals surface area contributed by atoms with E-state index >= 15 is 0 Å². The number of benzene rings is 2. The molecule has 0 radical (unpaired) electrons. The maximum Gasteiger partial charge on any atom is 0.276 e. The molecule has 0 spiro atoms. The summed E-state index contributed by atoms with van der Waals surface area (Å²) in [5.41, 5.74) is 7.24. The Morgan fingerprint density at radius 3 is 2.43 bits per heavy atom. The Balaban J connectivity index is 1.30. The van der Waals surface area contributed by atoms with Crippen LogP contribution in [0.15, 0.2) is 76.1 Å². The summed E-state index contributed by atoms with van der Waals surface area (Å²) in [6.45, 7) is 1.91. The van der Waals surface area contributed by atoms with Gasteiger partial charge < -0.3 is 15.6 Å². The topological polar surface area (TPSA) is 153 Å². The molecule has 0 atom stereocenters. The van der Waals surface area contributed by atoms with Crippen molar-refractivity contribution in [3.8, 4) is 23.0 Å². The average Bonchev–Trinajstić information content (AvgIpc) is 3.39. The summed E-state index contributed by atoms with van der Waals surface area (Å²) < 4.78 is 33.6. The van der Waals surface area contributed by atoms with E-state index in [2.05, 4.69) is 25.2 Å². The van der Waals surface area contributed by atoms with Gasteiger partial charge in [-0.3, -0.25) is 9.52 Å². The lowest BCUT2D eigenvalue weighted by Gasteiger charge is -2.12. The normalized spacial score (nSPS) is 14.3. The van der Waals surface area contributed by atoms with Crippen LogP contribution in [0.3, 0.4) is 0 Å². The summed E-state index contributed by atoms with van der Waals surface area (Å²) in [4.78, 5) is 20.8. The van der Waals surface area contributed by atoms with Gasteiger partial charge in [0.25, 0.3) is 15.9 Å². The van der Waals surface area contributed by atoms with Gasteiger partial charge in [0.2, 0.25) is 11.7 Å².